The molecule has 0 saturated heterocycles. The Balaban J connectivity index is 1.55. The van der Waals surface area contributed by atoms with Gasteiger partial charge in [-0.2, -0.15) is 13.2 Å². The first-order valence-corrected chi connectivity index (χ1v) is 10.1. The number of nitrogens with zero attached hydrogens (tertiary/aromatic N) is 1. The number of ether oxygens (including phenoxy) is 1. The number of anilines is 1. The van der Waals surface area contributed by atoms with E-state index in [1.165, 1.54) is 12.1 Å². The first-order chi connectivity index (χ1) is 14.8. The van der Waals surface area contributed by atoms with E-state index in [0.717, 1.165) is 36.2 Å². The molecule has 5 nitrogen and oxygen atoms in total. The zero-order valence-electron chi connectivity index (χ0n) is 16.8. The highest BCUT2D eigenvalue weighted by atomic mass is 19.4. The first kappa shape index (κ1) is 21.4. The van der Waals surface area contributed by atoms with Crippen molar-refractivity contribution >= 4 is 17.2 Å². The molecule has 0 atom stereocenters. The van der Waals surface area contributed by atoms with Gasteiger partial charge in [0, 0.05) is 43.4 Å². The van der Waals surface area contributed by atoms with E-state index in [9.17, 15) is 23.1 Å². The lowest BCUT2D eigenvalue weighted by molar-refractivity contribution is -0.137. The number of fused-ring (bicyclic) bond motifs is 2. The predicted molar refractivity (Wildman–Crippen MR) is 111 cm³/mol. The summed E-state index contributed by atoms with van der Waals surface area (Å²) in [4.78, 5) is 14.9. The minimum absolute atomic E-state index is 0.0769. The normalized spacial score (nSPS) is 17.6. The van der Waals surface area contributed by atoms with Gasteiger partial charge >= 0.3 is 6.18 Å². The molecule has 0 unspecified atom stereocenters. The molecule has 164 valence electrons. The monoisotopic (exact) mass is 432 g/mol. The van der Waals surface area contributed by atoms with Gasteiger partial charge in [0.2, 0.25) is 5.91 Å². The van der Waals surface area contributed by atoms with Crippen LogP contribution in [0.3, 0.4) is 0 Å². The van der Waals surface area contributed by atoms with Crippen molar-refractivity contribution < 1.29 is 27.8 Å². The number of benzene rings is 2. The fourth-order valence-electron chi connectivity index (χ4n) is 4.05. The van der Waals surface area contributed by atoms with E-state index in [1.807, 2.05) is 18.2 Å². The van der Waals surface area contributed by atoms with Crippen LogP contribution < -0.4 is 10.1 Å². The molecular formula is C23H23F3N2O3. The maximum Gasteiger partial charge on any atom is 0.416 e. The summed E-state index contributed by atoms with van der Waals surface area (Å²) in [6.07, 6.45) is -1.74. The minimum Gasteiger partial charge on any atom is -0.493 e. The van der Waals surface area contributed by atoms with Crippen LogP contribution in [0.25, 0.3) is 5.57 Å². The van der Waals surface area contributed by atoms with E-state index < -0.39 is 11.7 Å². The van der Waals surface area contributed by atoms with Crippen molar-refractivity contribution in [3.63, 3.8) is 0 Å². The molecule has 0 bridgehead atoms. The number of aliphatic hydroxyl groups excluding tert-OH is 1. The molecule has 2 aromatic rings. The number of amides is 1. The highest BCUT2D eigenvalue weighted by Gasteiger charge is 2.32. The largest absolute Gasteiger partial charge is 0.493 e. The number of carbonyl (C=O) groups is 1. The Labute approximate surface area is 178 Å². The highest BCUT2D eigenvalue weighted by molar-refractivity contribution is 6.05. The molecule has 0 aliphatic carbocycles. The number of halogens is 3. The second-order valence-electron chi connectivity index (χ2n) is 7.66. The average Bonchev–Trinajstić information content (AvgIpc) is 2.73. The molecule has 0 saturated carbocycles. The smallest absolute Gasteiger partial charge is 0.416 e. The zero-order valence-corrected chi connectivity index (χ0v) is 16.8. The summed E-state index contributed by atoms with van der Waals surface area (Å²) in [6, 6.07) is 9.10. The molecule has 0 aromatic heterocycles. The molecule has 2 aliphatic rings. The number of β-amino-alcohol motifs (C(OH)–C–C–N with tert-alkyl or cyclic N) is 1. The summed E-state index contributed by atoms with van der Waals surface area (Å²) in [7, 11) is 0. The quantitative estimate of drug-likeness (QED) is 0.721. The molecule has 4 rings (SSSR count). The molecule has 2 aliphatic heterocycles. The van der Waals surface area contributed by atoms with Gasteiger partial charge in [0.05, 0.1) is 18.8 Å². The molecule has 0 fully saturated rings. The fraction of sp³-hybridized carbons (Fsp3) is 0.348. The molecular weight excluding hydrogens is 409 g/mol. The molecule has 2 N–H and O–H groups in total. The lowest BCUT2D eigenvalue weighted by Gasteiger charge is -2.29. The number of aliphatic hydroxyl groups is 1. The van der Waals surface area contributed by atoms with Gasteiger partial charge in [-0.25, -0.2) is 0 Å². The van der Waals surface area contributed by atoms with Crippen LogP contribution in [0.15, 0.2) is 42.5 Å². The van der Waals surface area contributed by atoms with Crippen LogP contribution in [-0.2, 0) is 23.9 Å². The fourth-order valence-corrected chi connectivity index (χ4v) is 4.05. The van der Waals surface area contributed by atoms with E-state index in [4.69, 9.17) is 4.74 Å². The van der Waals surface area contributed by atoms with Gasteiger partial charge in [-0.3, -0.25) is 9.69 Å². The lowest BCUT2D eigenvalue weighted by atomic mass is 9.96. The van der Waals surface area contributed by atoms with Crippen LogP contribution in [0.5, 0.6) is 5.75 Å². The predicted octanol–water partition coefficient (Wildman–Crippen LogP) is 3.86. The van der Waals surface area contributed by atoms with Crippen LogP contribution in [-0.4, -0.2) is 42.2 Å². The van der Waals surface area contributed by atoms with E-state index in [1.54, 1.807) is 0 Å². The Morgan fingerprint density at radius 3 is 2.84 bits per heavy atom. The van der Waals surface area contributed by atoms with Crippen molar-refractivity contribution in [1.82, 2.24) is 4.90 Å². The Bertz CT molecular complexity index is 1020. The number of rotatable bonds is 4. The Morgan fingerprint density at radius 2 is 2.06 bits per heavy atom. The standard InChI is InChI=1S/C23H23F3N2O3/c24-23(25,26)17-4-5-18-16(7-11-31-21(18)13-17)12-22(30)27-20-3-1-2-15-6-8-28(9-10-29)14-19(15)20/h1-5,12-13,29H,6-11,14H2,(H,27,30)/b16-12+. The zero-order chi connectivity index (χ0) is 22.0. The van der Waals surface area contributed by atoms with Crippen molar-refractivity contribution in [3.05, 3.63) is 64.7 Å². The summed E-state index contributed by atoms with van der Waals surface area (Å²) >= 11 is 0. The van der Waals surface area contributed by atoms with Gasteiger partial charge in [-0.05, 0) is 41.3 Å². The summed E-state index contributed by atoms with van der Waals surface area (Å²) in [5.74, 6) is -0.202. The van der Waals surface area contributed by atoms with Crippen molar-refractivity contribution in [2.45, 2.75) is 25.6 Å². The van der Waals surface area contributed by atoms with Gasteiger partial charge < -0.3 is 15.2 Å². The van der Waals surface area contributed by atoms with Gasteiger partial charge in [-0.1, -0.05) is 18.2 Å². The Hall–Kier alpha value is -2.84. The molecule has 2 aromatic carbocycles. The van der Waals surface area contributed by atoms with Crippen LogP contribution in [0, 0.1) is 0 Å². The van der Waals surface area contributed by atoms with Crippen molar-refractivity contribution in [2.24, 2.45) is 0 Å². The number of carbonyl (C=O) groups excluding carboxylic acids is 1. The highest BCUT2D eigenvalue weighted by Crippen LogP contribution is 2.38. The Morgan fingerprint density at radius 1 is 1.23 bits per heavy atom. The van der Waals surface area contributed by atoms with Crippen molar-refractivity contribution in [2.75, 3.05) is 31.6 Å². The Kier molecular flexibility index (Phi) is 6.02. The van der Waals surface area contributed by atoms with Gasteiger partial charge in [0.15, 0.2) is 0 Å². The second kappa shape index (κ2) is 8.72. The number of hydrogen-bond donors (Lipinski definition) is 2. The molecule has 0 spiro atoms. The van der Waals surface area contributed by atoms with E-state index in [2.05, 4.69) is 10.2 Å². The molecule has 2 heterocycles. The summed E-state index contributed by atoms with van der Waals surface area (Å²) in [5, 5.41) is 12.1. The van der Waals surface area contributed by atoms with Crippen LogP contribution in [0.1, 0.15) is 28.7 Å². The third-order valence-electron chi connectivity index (χ3n) is 5.62. The second-order valence-corrected chi connectivity index (χ2v) is 7.66. The SMILES string of the molecule is O=C(/C=C1\CCOc2cc(C(F)(F)F)ccc21)Nc1cccc2c1CN(CCO)CC2. The maximum absolute atomic E-state index is 13.0. The summed E-state index contributed by atoms with van der Waals surface area (Å²) < 4.78 is 44.3. The molecule has 0 radical (unpaired) electrons. The van der Waals surface area contributed by atoms with Gasteiger partial charge in [0.25, 0.3) is 0 Å². The van der Waals surface area contributed by atoms with Crippen molar-refractivity contribution in [3.8, 4) is 5.75 Å². The molecule has 8 heteroatoms. The van der Waals surface area contributed by atoms with Crippen LogP contribution in [0.2, 0.25) is 0 Å². The summed E-state index contributed by atoms with van der Waals surface area (Å²) in [6.45, 7) is 2.35. The first-order valence-electron chi connectivity index (χ1n) is 10.1. The number of nitrogens with one attached hydrogen (secondary N) is 1. The third kappa shape index (κ3) is 4.75. The van der Waals surface area contributed by atoms with Crippen molar-refractivity contribution in [1.29, 1.82) is 0 Å². The van der Waals surface area contributed by atoms with Gasteiger partial charge in [0.1, 0.15) is 5.75 Å². The maximum atomic E-state index is 13.0. The lowest BCUT2D eigenvalue weighted by Crippen LogP contribution is -2.33. The van der Waals surface area contributed by atoms with E-state index in [0.29, 0.717) is 36.3 Å². The number of hydrogen-bond acceptors (Lipinski definition) is 4. The van der Waals surface area contributed by atoms with Crippen LogP contribution in [0.4, 0.5) is 18.9 Å². The topological polar surface area (TPSA) is 61.8 Å². The summed E-state index contributed by atoms with van der Waals surface area (Å²) in [5.41, 5.74) is 3.26. The average molecular weight is 432 g/mol. The third-order valence-corrected chi connectivity index (χ3v) is 5.62. The molecule has 1 amide bonds. The molecule has 31 heavy (non-hydrogen) atoms. The van der Waals surface area contributed by atoms with E-state index in [-0.39, 0.29) is 24.9 Å². The number of alkyl halides is 3. The van der Waals surface area contributed by atoms with Crippen LogP contribution >= 0.6 is 0 Å². The van der Waals surface area contributed by atoms with Gasteiger partial charge in [-0.15, -0.1) is 0 Å². The van der Waals surface area contributed by atoms with E-state index >= 15 is 0 Å². The minimum atomic E-state index is -4.45.